The molecule has 1 aromatic heterocycles. The van der Waals surface area contributed by atoms with Gasteiger partial charge in [-0.05, 0) is 23.8 Å². The van der Waals surface area contributed by atoms with Gasteiger partial charge in [-0.15, -0.1) is 11.3 Å². The van der Waals surface area contributed by atoms with E-state index in [1.807, 2.05) is 0 Å². The number of hydrogen-bond acceptors (Lipinski definition) is 4. The van der Waals surface area contributed by atoms with Gasteiger partial charge in [0.1, 0.15) is 16.8 Å². The second-order valence-electron chi connectivity index (χ2n) is 4.04. The van der Waals surface area contributed by atoms with E-state index in [9.17, 15) is 4.79 Å². The molecule has 0 radical (unpaired) electrons. The van der Waals surface area contributed by atoms with E-state index in [0.717, 1.165) is 11.3 Å². The highest BCUT2D eigenvalue weighted by atomic mass is 35.5. The maximum Gasteiger partial charge on any atom is 0.268 e. The molecule has 0 atom stereocenters. The van der Waals surface area contributed by atoms with Gasteiger partial charge in [-0.2, -0.15) is 10.5 Å². The lowest BCUT2D eigenvalue weighted by molar-refractivity contribution is 0.855. The average molecular weight is 336 g/mol. The molecule has 0 saturated carbocycles. The Bertz CT molecular complexity index is 958. The summed E-state index contributed by atoms with van der Waals surface area (Å²) in [5.74, 6) is 0. The minimum absolute atomic E-state index is 0.0959. The van der Waals surface area contributed by atoms with Gasteiger partial charge in [-0.3, -0.25) is 4.79 Å². The van der Waals surface area contributed by atoms with Gasteiger partial charge in [0.2, 0.25) is 0 Å². The van der Waals surface area contributed by atoms with Crippen LogP contribution >= 0.6 is 34.5 Å². The van der Waals surface area contributed by atoms with Gasteiger partial charge in [0.05, 0.1) is 4.53 Å². The number of benzene rings is 1. The molecular formula is C14H7Cl2N3OS. The molecule has 1 heterocycles. The van der Waals surface area contributed by atoms with Crippen LogP contribution in [0.4, 0.5) is 0 Å². The van der Waals surface area contributed by atoms with E-state index in [1.54, 1.807) is 36.4 Å². The highest BCUT2D eigenvalue weighted by Gasteiger charge is 2.06. The number of aromatic nitrogens is 1. The highest BCUT2D eigenvalue weighted by Crippen LogP contribution is 2.21. The van der Waals surface area contributed by atoms with Gasteiger partial charge < -0.3 is 4.57 Å². The molecule has 0 amide bonds. The topological polar surface area (TPSA) is 69.6 Å². The average Bonchev–Trinajstić information content (AvgIpc) is 2.72. The van der Waals surface area contributed by atoms with Crippen LogP contribution in [0.1, 0.15) is 5.56 Å². The van der Waals surface area contributed by atoms with Crippen molar-refractivity contribution in [1.29, 1.82) is 10.5 Å². The van der Waals surface area contributed by atoms with Crippen molar-refractivity contribution in [2.45, 2.75) is 0 Å². The summed E-state index contributed by atoms with van der Waals surface area (Å²) in [5.41, 5.74) is 0.257. The van der Waals surface area contributed by atoms with Crippen molar-refractivity contribution in [3.05, 3.63) is 53.4 Å². The van der Waals surface area contributed by atoms with E-state index < -0.39 is 0 Å². The third-order valence-electron chi connectivity index (χ3n) is 2.71. The zero-order valence-electron chi connectivity index (χ0n) is 10.7. The molecule has 0 spiro atoms. The lowest BCUT2D eigenvalue weighted by Gasteiger charge is -1.97. The van der Waals surface area contributed by atoms with Crippen LogP contribution in [0.5, 0.6) is 0 Å². The predicted molar refractivity (Wildman–Crippen MR) is 83.5 cm³/mol. The van der Waals surface area contributed by atoms with Gasteiger partial charge in [0.15, 0.2) is 5.57 Å². The van der Waals surface area contributed by atoms with Crippen molar-refractivity contribution in [2.75, 3.05) is 0 Å². The fraction of sp³-hybridized carbons (Fsp3) is 0.0714. The van der Waals surface area contributed by atoms with Gasteiger partial charge in [-0.25, -0.2) is 0 Å². The molecule has 7 heteroatoms. The van der Waals surface area contributed by atoms with E-state index >= 15 is 0 Å². The van der Waals surface area contributed by atoms with Gasteiger partial charge in [0, 0.05) is 17.1 Å². The summed E-state index contributed by atoms with van der Waals surface area (Å²) in [5, 5.41) is 18.7. The fourth-order valence-electron chi connectivity index (χ4n) is 1.66. The summed E-state index contributed by atoms with van der Waals surface area (Å²) in [6.45, 7) is 0. The molecule has 0 aliphatic heterocycles. The minimum Gasteiger partial charge on any atom is -0.300 e. The van der Waals surface area contributed by atoms with Crippen molar-refractivity contribution < 1.29 is 0 Å². The third-order valence-corrected chi connectivity index (χ3v) is 4.46. The maximum absolute atomic E-state index is 12.1. The van der Waals surface area contributed by atoms with E-state index in [4.69, 9.17) is 33.7 Å². The van der Waals surface area contributed by atoms with Crippen LogP contribution in [0, 0.1) is 22.7 Å². The van der Waals surface area contributed by atoms with Crippen LogP contribution in [-0.4, -0.2) is 4.57 Å². The lowest BCUT2D eigenvalue weighted by atomic mass is 10.2. The third kappa shape index (κ3) is 3.01. The second kappa shape index (κ2) is 6.15. The minimum atomic E-state index is -0.288. The predicted octanol–water partition coefficient (Wildman–Crippen LogP) is 1.78. The SMILES string of the molecule is Cn1c(=C(C#N)C#N)s/c(=C/c2ccc(Cl)cc2Cl)c1=O. The lowest BCUT2D eigenvalue weighted by Crippen LogP contribution is -2.29. The zero-order chi connectivity index (χ0) is 15.6. The number of hydrogen-bond donors (Lipinski definition) is 0. The molecule has 0 unspecified atom stereocenters. The molecule has 0 fully saturated rings. The quantitative estimate of drug-likeness (QED) is 0.797. The molecule has 21 heavy (non-hydrogen) atoms. The van der Waals surface area contributed by atoms with Crippen LogP contribution < -0.4 is 14.8 Å². The first kappa shape index (κ1) is 15.3. The van der Waals surface area contributed by atoms with E-state index in [1.165, 1.54) is 11.6 Å². The number of halogens is 2. The molecule has 2 rings (SSSR count). The highest BCUT2D eigenvalue weighted by molar-refractivity contribution is 7.07. The molecule has 104 valence electrons. The summed E-state index contributed by atoms with van der Waals surface area (Å²) < 4.78 is 1.99. The Hall–Kier alpha value is -2.05. The van der Waals surface area contributed by atoms with Crippen molar-refractivity contribution >= 4 is 46.2 Å². The summed E-state index contributed by atoms with van der Waals surface area (Å²) in [4.78, 5) is 12.1. The maximum atomic E-state index is 12.1. The molecule has 1 aromatic carbocycles. The summed E-state index contributed by atoms with van der Waals surface area (Å²) >= 11 is 13.0. The number of nitrogens with zero attached hydrogens (tertiary/aromatic N) is 3. The Kier molecular flexibility index (Phi) is 4.50. The molecule has 4 nitrogen and oxygen atoms in total. The van der Waals surface area contributed by atoms with Gasteiger partial charge in [-0.1, -0.05) is 29.3 Å². The molecule has 0 saturated heterocycles. The summed E-state index contributed by atoms with van der Waals surface area (Å²) in [6, 6.07) is 8.51. The summed E-state index contributed by atoms with van der Waals surface area (Å²) in [6.07, 6.45) is 1.61. The van der Waals surface area contributed by atoms with Crippen molar-refractivity contribution in [1.82, 2.24) is 4.57 Å². The Morgan fingerprint density at radius 2 is 2.00 bits per heavy atom. The van der Waals surface area contributed by atoms with E-state index in [-0.39, 0.29) is 11.1 Å². The van der Waals surface area contributed by atoms with Crippen LogP contribution in [-0.2, 0) is 7.05 Å². The van der Waals surface area contributed by atoms with E-state index in [2.05, 4.69) is 0 Å². The monoisotopic (exact) mass is 335 g/mol. The van der Waals surface area contributed by atoms with Gasteiger partial charge >= 0.3 is 0 Å². The van der Waals surface area contributed by atoms with Crippen LogP contribution in [0.25, 0.3) is 11.6 Å². The Morgan fingerprint density at radius 1 is 1.33 bits per heavy atom. The molecule has 0 bridgehead atoms. The first-order valence-corrected chi connectivity index (χ1v) is 7.22. The Balaban J connectivity index is 2.79. The number of thiazole rings is 1. The smallest absolute Gasteiger partial charge is 0.268 e. The summed E-state index contributed by atoms with van der Waals surface area (Å²) in [7, 11) is 1.52. The standard InChI is InChI=1S/C14H7Cl2N3OS/c1-19-13(20)12(21-14(19)9(6-17)7-18)4-8-2-3-10(15)5-11(8)16/h2-5H,1H3/b12-4+. The van der Waals surface area contributed by atoms with Crippen LogP contribution in [0.15, 0.2) is 23.0 Å². The molecular weight excluding hydrogens is 329 g/mol. The van der Waals surface area contributed by atoms with Crippen LogP contribution in [0.3, 0.4) is 0 Å². The first-order valence-electron chi connectivity index (χ1n) is 5.65. The fourth-order valence-corrected chi connectivity index (χ4v) is 3.16. The van der Waals surface area contributed by atoms with E-state index in [0.29, 0.717) is 24.8 Å². The van der Waals surface area contributed by atoms with Crippen molar-refractivity contribution in [3.63, 3.8) is 0 Å². The van der Waals surface area contributed by atoms with Crippen LogP contribution in [0.2, 0.25) is 10.0 Å². The first-order chi connectivity index (χ1) is 9.97. The zero-order valence-corrected chi connectivity index (χ0v) is 13.1. The van der Waals surface area contributed by atoms with Crippen molar-refractivity contribution in [2.24, 2.45) is 7.05 Å². The van der Waals surface area contributed by atoms with Crippen molar-refractivity contribution in [3.8, 4) is 12.1 Å². The molecule has 2 aromatic rings. The normalized spacial score (nSPS) is 11.0. The van der Waals surface area contributed by atoms with Gasteiger partial charge in [0.25, 0.3) is 5.56 Å². The number of nitriles is 2. The largest absolute Gasteiger partial charge is 0.300 e. The molecule has 0 aliphatic rings. The molecule has 0 aliphatic carbocycles. The Morgan fingerprint density at radius 3 is 2.57 bits per heavy atom. The number of rotatable bonds is 1. The second-order valence-corrected chi connectivity index (χ2v) is 5.92. The molecule has 0 N–H and O–H groups in total. The Labute approximate surface area is 134 Å².